The first kappa shape index (κ1) is 24.2. The Hall–Kier alpha value is -5.45. The molecule has 9 aromatic rings. The third-order valence-electron chi connectivity index (χ3n) is 8.31. The summed E-state index contributed by atoms with van der Waals surface area (Å²) in [6, 6.07) is 49.2. The lowest BCUT2D eigenvalue weighted by Crippen LogP contribution is -2.00. The van der Waals surface area contributed by atoms with Crippen LogP contribution in [0.2, 0.25) is 0 Å². The Morgan fingerprint density at radius 1 is 0.372 bits per heavy atom. The molecule has 0 saturated heterocycles. The Bertz CT molecular complexity index is 2510. The first-order valence-corrected chi connectivity index (χ1v) is 15.2. The van der Waals surface area contributed by atoms with Crippen LogP contribution in [-0.2, 0) is 0 Å². The summed E-state index contributed by atoms with van der Waals surface area (Å²) in [5.41, 5.74) is 2.96. The fourth-order valence-corrected chi connectivity index (χ4v) is 7.43. The van der Waals surface area contributed by atoms with E-state index in [2.05, 4.69) is 121 Å². The Kier molecular flexibility index (Phi) is 5.37. The molecule has 3 nitrogen and oxygen atoms in total. The molecule has 200 valence electrons. The summed E-state index contributed by atoms with van der Waals surface area (Å²) in [6.07, 6.45) is 0. The molecule has 0 atom stereocenters. The number of hydrogen-bond acceptors (Lipinski definition) is 4. The van der Waals surface area contributed by atoms with E-state index in [9.17, 15) is 0 Å². The van der Waals surface area contributed by atoms with Crippen LogP contribution in [0.25, 0.3) is 86.7 Å². The van der Waals surface area contributed by atoms with Crippen molar-refractivity contribution in [1.82, 2.24) is 15.0 Å². The number of nitrogens with zero attached hydrogens (tertiary/aromatic N) is 3. The molecule has 0 unspecified atom stereocenters. The largest absolute Gasteiger partial charge is 0.208 e. The Morgan fingerprint density at radius 3 is 1.86 bits per heavy atom. The minimum Gasteiger partial charge on any atom is -0.208 e. The highest BCUT2D eigenvalue weighted by Crippen LogP contribution is 2.40. The second-order valence-corrected chi connectivity index (χ2v) is 11.9. The number of hydrogen-bond donors (Lipinski definition) is 0. The van der Waals surface area contributed by atoms with Crippen LogP contribution in [0.1, 0.15) is 0 Å². The summed E-state index contributed by atoms with van der Waals surface area (Å²) in [5, 5.41) is 9.86. The molecule has 9 rings (SSSR count). The van der Waals surface area contributed by atoms with Crippen LogP contribution >= 0.6 is 11.3 Å². The van der Waals surface area contributed by atoms with Crippen molar-refractivity contribution in [1.29, 1.82) is 0 Å². The fourth-order valence-electron chi connectivity index (χ4n) is 6.22. The Morgan fingerprint density at radius 2 is 1.00 bits per heavy atom. The van der Waals surface area contributed by atoms with Crippen LogP contribution in [0.5, 0.6) is 0 Å². The standard InChI is InChI=1S/C39H23N3S/c1-2-10-26(11-3-1)37-40-38(42-39(41-37)33-15-8-14-32-31-13-6-7-16-35(31)43-36(32)33)27-18-17-25-20-21-29-28-12-5-4-9-24(28)19-22-30(29)34(25)23-27/h1-23H. The van der Waals surface area contributed by atoms with Crippen molar-refractivity contribution < 1.29 is 0 Å². The maximum Gasteiger partial charge on any atom is 0.165 e. The van der Waals surface area contributed by atoms with E-state index in [1.54, 1.807) is 11.3 Å². The molecule has 0 saturated carbocycles. The van der Waals surface area contributed by atoms with Gasteiger partial charge in [0.15, 0.2) is 17.5 Å². The van der Waals surface area contributed by atoms with E-state index in [4.69, 9.17) is 15.0 Å². The van der Waals surface area contributed by atoms with Crippen LogP contribution in [0.3, 0.4) is 0 Å². The zero-order chi connectivity index (χ0) is 28.3. The molecule has 0 spiro atoms. The van der Waals surface area contributed by atoms with Crippen molar-refractivity contribution in [2.45, 2.75) is 0 Å². The molecule has 0 aliphatic rings. The van der Waals surface area contributed by atoms with Crippen LogP contribution in [0.15, 0.2) is 140 Å². The first-order valence-electron chi connectivity index (χ1n) is 14.4. The van der Waals surface area contributed by atoms with Gasteiger partial charge in [-0.05, 0) is 50.5 Å². The van der Waals surface area contributed by atoms with Gasteiger partial charge in [-0.2, -0.15) is 0 Å². The second-order valence-electron chi connectivity index (χ2n) is 10.8. The number of rotatable bonds is 3. The van der Waals surface area contributed by atoms with Gasteiger partial charge in [0.2, 0.25) is 0 Å². The monoisotopic (exact) mass is 565 g/mol. The maximum atomic E-state index is 5.14. The molecule has 0 fully saturated rings. The third-order valence-corrected chi connectivity index (χ3v) is 9.53. The highest BCUT2D eigenvalue weighted by Gasteiger charge is 2.17. The van der Waals surface area contributed by atoms with Gasteiger partial charge in [-0.3, -0.25) is 0 Å². The van der Waals surface area contributed by atoms with Crippen molar-refractivity contribution >= 4 is 63.8 Å². The van der Waals surface area contributed by atoms with Crippen molar-refractivity contribution in [3.63, 3.8) is 0 Å². The zero-order valence-corrected chi connectivity index (χ0v) is 23.8. The molecule has 43 heavy (non-hydrogen) atoms. The fraction of sp³-hybridized carbons (Fsp3) is 0. The first-order chi connectivity index (χ1) is 21.3. The summed E-state index contributed by atoms with van der Waals surface area (Å²) < 4.78 is 2.45. The van der Waals surface area contributed by atoms with Crippen LogP contribution < -0.4 is 0 Å². The molecule has 0 aliphatic carbocycles. The van der Waals surface area contributed by atoms with E-state index in [-0.39, 0.29) is 0 Å². The van der Waals surface area contributed by atoms with Crippen LogP contribution in [0.4, 0.5) is 0 Å². The molecular weight excluding hydrogens is 543 g/mol. The van der Waals surface area contributed by atoms with Crippen LogP contribution in [0, 0.1) is 0 Å². The molecule has 2 aromatic heterocycles. The normalized spacial score (nSPS) is 11.7. The highest BCUT2D eigenvalue weighted by molar-refractivity contribution is 7.26. The predicted octanol–water partition coefficient (Wildman–Crippen LogP) is 10.7. The molecular formula is C39H23N3S. The van der Waals surface area contributed by atoms with Gasteiger partial charge in [-0.1, -0.05) is 121 Å². The lowest BCUT2D eigenvalue weighted by Gasteiger charge is -2.11. The van der Waals surface area contributed by atoms with Gasteiger partial charge >= 0.3 is 0 Å². The Labute approximate surface area is 251 Å². The Balaban J connectivity index is 1.30. The van der Waals surface area contributed by atoms with Gasteiger partial charge < -0.3 is 0 Å². The van der Waals surface area contributed by atoms with E-state index in [1.807, 2.05) is 18.2 Å². The number of fused-ring (bicyclic) bond motifs is 8. The summed E-state index contributed by atoms with van der Waals surface area (Å²) in [5.74, 6) is 2.02. The summed E-state index contributed by atoms with van der Waals surface area (Å²) >= 11 is 1.79. The molecule has 0 N–H and O–H groups in total. The zero-order valence-electron chi connectivity index (χ0n) is 23.0. The minimum atomic E-state index is 0.668. The summed E-state index contributed by atoms with van der Waals surface area (Å²) in [4.78, 5) is 15.2. The van der Waals surface area contributed by atoms with E-state index >= 15 is 0 Å². The SMILES string of the molecule is c1ccc(-c2nc(-c3ccc4ccc5c6ccccc6ccc5c4c3)nc(-c3cccc4c3sc3ccccc34)n2)cc1. The lowest BCUT2D eigenvalue weighted by molar-refractivity contribution is 1.08. The highest BCUT2D eigenvalue weighted by atomic mass is 32.1. The molecule has 4 heteroatoms. The minimum absolute atomic E-state index is 0.668. The van der Waals surface area contributed by atoms with Crippen molar-refractivity contribution in [2.24, 2.45) is 0 Å². The number of thiophene rings is 1. The smallest absolute Gasteiger partial charge is 0.165 e. The van der Waals surface area contributed by atoms with Crippen LogP contribution in [-0.4, -0.2) is 15.0 Å². The molecule has 0 aliphatic heterocycles. The van der Waals surface area contributed by atoms with Crippen molar-refractivity contribution in [3.05, 3.63) is 140 Å². The van der Waals surface area contributed by atoms with Gasteiger partial charge in [0, 0.05) is 36.9 Å². The average Bonchev–Trinajstić information content (AvgIpc) is 3.47. The second kappa shape index (κ2) is 9.55. The van der Waals surface area contributed by atoms with Gasteiger partial charge in [0.25, 0.3) is 0 Å². The molecule has 0 amide bonds. The molecule has 2 heterocycles. The van der Waals surface area contributed by atoms with E-state index in [0.717, 1.165) is 16.7 Å². The van der Waals surface area contributed by atoms with Gasteiger partial charge in [-0.25, -0.2) is 15.0 Å². The maximum absolute atomic E-state index is 5.14. The molecule has 0 bridgehead atoms. The summed E-state index contributed by atoms with van der Waals surface area (Å²) in [6.45, 7) is 0. The van der Waals surface area contributed by atoms with Gasteiger partial charge in [0.1, 0.15) is 0 Å². The van der Waals surface area contributed by atoms with E-state index in [0.29, 0.717) is 17.5 Å². The molecule has 7 aromatic carbocycles. The van der Waals surface area contributed by atoms with Crippen molar-refractivity contribution in [2.75, 3.05) is 0 Å². The van der Waals surface area contributed by atoms with Crippen molar-refractivity contribution in [3.8, 4) is 34.2 Å². The van der Waals surface area contributed by atoms with Gasteiger partial charge in [-0.15, -0.1) is 11.3 Å². The molecule has 0 radical (unpaired) electrons. The third kappa shape index (κ3) is 3.92. The lowest BCUT2D eigenvalue weighted by atomic mass is 9.96. The quantitative estimate of drug-likeness (QED) is 0.200. The predicted molar refractivity (Wildman–Crippen MR) is 182 cm³/mol. The summed E-state index contributed by atoms with van der Waals surface area (Å²) in [7, 11) is 0. The average molecular weight is 566 g/mol. The number of aromatic nitrogens is 3. The van der Waals surface area contributed by atoms with E-state index in [1.165, 1.54) is 52.5 Å². The van der Waals surface area contributed by atoms with Gasteiger partial charge in [0.05, 0.1) is 0 Å². The van der Waals surface area contributed by atoms with E-state index < -0.39 is 0 Å². The number of benzene rings is 7. The topological polar surface area (TPSA) is 38.7 Å².